The maximum Gasteiger partial charge on any atom is 0.267 e. The summed E-state index contributed by atoms with van der Waals surface area (Å²) in [5, 5.41) is 18.2. The molecule has 29 heavy (non-hydrogen) atoms. The van der Waals surface area contributed by atoms with Gasteiger partial charge in [0.05, 0.1) is 17.1 Å². The van der Waals surface area contributed by atoms with Crippen LogP contribution in [0.4, 0.5) is 4.39 Å². The van der Waals surface area contributed by atoms with Crippen molar-refractivity contribution in [3.8, 4) is 17.0 Å². The Hall–Kier alpha value is -3.88. The van der Waals surface area contributed by atoms with Crippen LogP contribution >= 0.6 is 0 Å². The molecule has 1 atom stereocenters. The number of phenolic OH excluding ortho intramolecular Hbond substituents is 1. The first-order chi connectivity index (χ1) is 14.0. The number of phenols is 1. The van der Waals surface area contributed by atoms with Crippen molar-refractivity contribution >= 4 is 11.9 Å². The Morgan fingerprint density at radius 1 is 1.21 bits per heavy atom. The van der Waals surface area contributed by atoms with Gasteiger partial charge in [0.25, 0.3) is 5.91 Å². The molecule has 146 valence electrons. The first-order valence-electron chi connectivity index (χ1n) is 8.75. The van der Waals surface area contributed by atoms with Crippen LogP contribution in [0.15, 0.2) is 59.7 Å². The molecule has 8 nitrogen and oxygen atoms in total. The summed E-state index contributed by atoms with van der Waals surface area (Å²) in [5.74, 6) is -0.462. The molecule has 0 aliphatic carbocycles. The van der Waals surface area contributed by atoms with Gasteiger partial charge in [-0.15, -0.1) is 0 Å². The maximum atomic E-state index is 13.3. The topological polar surface area (TPSA) is 118 Å². The first kappa shape index (κ1) is 18.5. The minimum atomic E-state index is -1.60. The monoisotopic (exact) mass is 392 g/mol. The maximum absolute atomic E-state index is 13.3. The van der Waals surface area contributed by atoms with E-state index in [0.717, 1.165) is 0 Å². The molecule has 1 aromatic carbocycles. The smallest absolute Gasteiger partial charge is 0.267 e. The van der Waals surface area contributed by atoms with Gasteiger partial charge in [0.1, 0.15) is 12.4 Å². The Labute approximate surface area is 165 Å². The van der Waals surface area contributed by atoms with Gasteiger partial charge in [-0.1, -0.05) is 12.1 Å². The molecule has 0 spiro atoms. The van der Waals surface area contributed by atoms with E-state index in [-0.39, 0.29) is 23.1 Å². The number of aromatic hydroxyl groups is 1. The minimum Gasteiger partial charge on any atom is -0.507 e. The zero-order valence-corrected chi connectivity index (χ0v) is 15.5. The van der Waals surface area contributed by atoms with Crippen molar-refractivity contribution in [3.63, 3.8) is 0 Å². The number of hydrogen-bond donors (Lipinski definition) is 2. The quantitative estimate of drug-likeness (QED) is 0.698. The van der Waals surface area contributed by atoms with Crippen molar-refractivity contribution in [2.24, 2.45) is 10.7 Å². The summed E-state index contributed by atoms with van der Waals surface area (Å²) in [6, 6.07) is 12.7. The van der Waals surface area contributed by atoms with Gasteiger partial charge in [0.15, 0.2) is 5.96 Å². The first-order valence-corrected chi connectivity index (χ1v) is 8.75. The highest BCUT2D eigenvalue weighted by Gasteiger charge is 2.51. The van der Waals surface area contributed by atoms with Crippen molar-refractivity contribution in [2.45, 2.75) is 12.2 Å². The summed E-state index contributed by atoms with van der Waals surface area (Å²) in [7, 11) is 1.51. The number of benzene rings is 1. The second-order valence-corrected chi connectivity index (χ2v) is 6.53. The molecule has 0 saturated heterocycles. The zero-order valence-electron chi connectivity index (χ0n) is 15.5. The van der Waals surface area contributed by atoms with Crippen LogP contribution in [0, 0.1) is 0 Å². The molecule has 1 aliphatic heterocycles. The van der Waals surface area contributed by atoms with Crippen LogP contribution in [-0.4, -0.2) is 44.1 Å². The fourth-order valence-electron chi connectivity index (χ4n) is 3.31. The summed E-state index contributed by atoms with van der Waals surface area (Å²) in [6.45, 7) is -0.784. The number of hydrogen-bond acceptors (Lipinski definition) is 7. The Morgan fingerprint density at radius 3 is 2.69 bits per heavy atom. The highest BCUT2D eigenvalue weighted by atomic mass is 19.1. The molecule has 2 aromatic heterocycles. The largest absolute Gasteiger partial charge is 0.507 e. The van der Waals surface area contributed by atoms with E-state index in [2.05, 4.69) is 20.2 Å². The highest BCUT2D eigenvalue weighted by molar-refractivity contribution is 6.08. The van der Waals surface area contributed by atoms with Crippen LogP contribution in [-0.2, 0) is 17.0 Å². The average molecular weight is 392 g/mol. The number of carbonyl (C=O) groups is 1. The van der Waals surface area contributed by atoms with Crippen LogP contribution < -0.4 is 5.73 Å². The van der Waals surface area contributed by atoms with E-state index in [0.29, 0.717) is 16.8 Å². The van der Waals surface area contributed by atoms with Crippen molar-refractivity contribution in [1.82, 2.24) is 20.1 Å². The average Bonchev–Trinajstić information content (AvgIpc) is 2.99. The molecule has 1 amide bonds. The molecule has 4 rings (SSSR count). The van der Waals surface area contributed by atoms with Crippen LogP contribution in [0.5, 0.6) is 5.75 Å². The number of likely N-dealkylation sites (N-methyl/N-ethyl adjacent to an activating group) is 1. The van der Waals surface area contributed by atoms with Crippen molar-refractivity contribution in [1.29, 1.82) is 0 Å². The number of carbonyl (C=O) groups excluding carboxylic acids is 1. The molecule has 0 bridgehead atoms. The van der Waals surface area contributed by atoms with Crippen molar-refractivity contribution in [2.75, 3.05) is 7.05 Å². The van der Waals surface area contributed by atoms with Crippen LogP contribution in [0.25, 0.3) is 11.3 Å². The molecule has 0 fully saturated rings. The van der Waals surface area contributed by atoms with Gasteiger partial charge >= 0.3 is 0 Å². The molecule has 0 saturated carbocycles. The molecule has 9 heteroatoms. The Morgan fingerprint density at radius 2 is 2.03 bits per heavy atom. The summed E-state index contributed by atoms with van der Waals surface area (Å²) in [4.78, 5) is 23.2. The van der Waals surface area contributed by atoms with Gasteiger partial charge in [0.2, 0.25) is 5.54 Å². The summed E-state index contributed by atoms with van der Waals surface area (Å²) >= 11 is 0. The third-order valence-electron chi connectivity index (χ3n) is 4.82. The van der Waals surface area contributed by atoms with Crippen LogP contribution in [0.3, 0.4) is 0 Å². The summed E-state index contributed by atoms with van der Waals surface area (Å²) in [5.41, 5.74) is 5.96. The lowest BCUT2D eigenvalue weighted by Gasteiger charge is -2.26. The molecule has 3 aromatic rings. The third kappa shape index (κ3) is 2.87. The van der Waals surface area contributed by atoms with E-state index in [9.17, 15) is 14.3 Å². The lowest BCUT2D eigenvalue weighted by atomic mass is 9.84. The van der Waals surface area contributed by atoms with Crippen LogP contribution in [0.2, 0.25) is 0 Å². The predicted octanol–water partition coefficient (Wildman–Crippen LogP) is 1.74. The summed E-state index contributed by atoms with van der Waals surface area (Å²) < 4.78 is 13.2. The number of amides is 1. The van der Waals surface area contributed by atoms with Crippen LogP contribution in [0.1, 0.15) is 17.0 Å². The lowest BCUT2D eigenvalue weighted by Crippen LogP contribution is -2.41. The number of pyridine rings is 1. The van der Waals surface area contributed by atoms with Gasteiger partial charge in [-0.25, -0.2) is 9.38 Å². The molecule has 1 unspecified atom stereocenters. The van der Waals surface area contributed by atoms with Gasteiger partial charge < -0.3 is 10.8 Å². The van der Waals surface area contributed by atoms with Crippen molar-refractivity contribution < 1.29 is 14.3 Å². The Kier molecular flexibility index (Phi) is 4.42. The van der Waals surface area contributed by atoms with E-state index in [4.69, 9.17) is 5.73 Å². The highest BCUT2D eigenvalue weighted by Crippen LogP contribution is 2.41. The van der Waals surface area contributed by atoms with E-state index in [1.54, 1.807) is 36.4 Å². The van der Waals surface area contributed by atoms with Gasteiger partial charge in [-0.05, 0) is 42.0 Å². The molecule has 3 heterocycles. The number of aliphatic imine (C=N–C) groups is 1. The second-order valence-electron chi connectivity index (χ2n) is 6.53. The molecular formula is C20H17FN6O2. The number of guanidine groups is 1. The molecule has 0 radical (unpaired) electrons. The number of aromatic nitrogens is 3. The second kappa shape index (κ2) is 6.93. The molecule has 3 N–H and O–H groups in total. The zero-order chi connectivity index (χ0) is 20.6. The summed E-state index contributed by atoms with van der Waals surface area (Å²) in [6.07, 6.45) is 1.51. The van der Waals surface area contributed by atoms with E-state index in [1.807, 2.05) is 0 Å². The minimum absolute atomic E-state index is 0.0107. The van der Waals surface area contributed by atoms with E-state index in [1.165, 1.54) is 30.3 Å². The number of nitrogens with zero attached hydrogens (tertiary/aromatic N) is 5. The Balaban J connectivity index is 1.98. The number of rotatable bonds is 4. The van der Waals surface area contributed by atoms with Gasteiger partial charge in [0, 0.05) is 18.8 Å². The fraction of sp³-hybridized carbons (Fsp3) is 0.150. The third-order valence-corrected chi connectivity index (χ3v) is 4.82. The lowest BCUT2D eigenvalue weighted by molar-refractivity contribution is -0.129. The van der Waals surface area contributed by atoms with Gasteiger partial charge in [-0.3, -0.25) is 14.7 Å². The number of nitrogens with two attached hydrogens (primary N) is 1. The number of alkyl halides is 1. The standard InChI is InChI=1S/C20H17FN6O2/c1-27-18(29)20(25-19(27)22,17-6-2-4-13(11-21)24-17)12-7-8-16(28)14(10-12)15-5-3-9-23-26-15/h2-10,28H,11H2,1H3,(H2,22,25). The Bertz CT molecular complexity index is 1120. The predicted molar refractivity (Wildman–Crippen MR) is 103 cm³/mol. The number of halogens is 1. The normalized spacial score (nSPS) is 18.8. The van der Waals surface area contributed by atoms with Gasteiger partial charge in [-0.2, -0.15) is 10.2 Å². The SMILES string of the molecule is CN1C(=O)C(c2ccc(O)c(-c3cccnn3)c2)(c2cccc(CF)n2)N=C1N. The van der Waals surface area contributed by atoms with E-state index >= 15 is 0 Å². The van der Waals surface area contributed by atoms with E-state index < -0.39 is 18.1 Å². The fourth-order valence-corrected chi connectivity index (χ4v) is 3.31. The van der Waals surface area contributed by atoms with Crippen molar-refractivity contribution in [3.05, 3.63) is 71.7 Å². The molecule has 1 aliphatic rings. The molecular weight excluding hydrogens is 375 g/mol.